The summed E-state index contributed by atoms with van der Waals surface area (Å²) in [5.41, 5.74) is 0.365. The van der Waals surface area contributed by atoms with Crippen molar-refractivity contribution in [3.63, 3.8) is 0 Å². The summed E-state index contributed by atoms with van der Waals surface area (Å²) in [7, 11) is 0. The number of carbonyl (C=O) groups excluding carboxylic acids is 1. The van der Waals surface area contributed by atoms with Gasteiger partial charge in [0.15, 0.2) is 0 Å². The van der Waals surface area contributed by atoms with Crippen LogP contribution in [0.15, 0.2) is 41.5 Å². The van der Waals surface area contributed by atoms with Crippen molar-refractivity contribution in [1.29, 1.82) is 0 Å². The minimum Gasteiger partial charge on any atom is -0.478 e. The van der Waals surface area contributed by atoms with Gasteiger partial charge in [0.1, 0.15) is 5.78 Å². The van der Waals surface area contributed by atoms with Crippen molar-refractivity contribution in [2.45, 2.75) is 58.8 Å². The number of hydrogen-bond donors (Lipinski definition) is 2. The van der Waals surface area contributed by atoms with E-state index in [9.17, 15) is 24.6 Å². The van der Waals surface area contributed by atoms with E-state index in [1.165, 1.54) is 0 Å². The van der Waals surface area contributed by atoms with Crippen LogP contribution in [0.2, 0.25) is 0 Å². The van der Waals surface area contributed by atoms with Gasteiger partial charge in [0, 0.05) is 18.4 Å². The molecule has 0 aromatic heterocycles. The highest BCUT2D eigenvalue weighted by molar-refractivity contribution is 6.02. The summed E-state index contributed by atoms with van der Waals surface area (Å²) in [6, 6.07) is 9.02. The van der Waals surface area contributed by atoms with Crippen molar-refractivity contribution in [1.82, 2.24) is 0 Å². The smallest absolute Gasteiger partial charge is 0.332 e. The molecular formula is C21H28O5. The van der Waals surface area contributed by atoms with Crippen molar-refractivity contribution in [3.05, 3.63) is 47.0 Å². The highest BCUT2D eigenvalue weighted by Crippen LogP contribution is 2.25. The van der Waals surface area contributed by atoms with Crippen LogP contribution in [0, 0.1) is 5.92 Å². The number of rotatable bonds is 12. The first-order valence-electron chi connectivity index (χ1n) is 9.13. The molecule has 2 N–H and O–H groups in total. The molecule has 0 aliphatic carbocycles. The summed E-state index contributed by atoms with van der Waals surface area (Å²) in [6.07, 6.45) is 3.53. The number of benzene rings is 1. The number of unbranched alkanes of at least 4 members (excludes halogenated alkanes) is 1. The van der Waals surface area contributed by atoms with Crippen LogP contribution in [0.1, 0.15) is 57.9 Å². The normalized spacial score (nSPS) is 13.0. The Balaban J connectivity index is 3.00. The van der Waals surface area contributed by atoms with Gasteiger partial charge in [-0.05, 0) is 17.9 Å². The first-order valence-corrected chi connectivity index (χ1v) is 9.13. The Hall–Kier alpha value is -2.43. The average molecular weight is 360 g/mol. The highest BCUT2D eigenvalue weighted by atomic mass is 16.4. The fourth-order valence-corrected chi connectivity index (χ4v) is 2.97. The molecule has 0 aliphatic rings. The first-order chi connectivity index (χ1) is 12.4. The number of carboxylic acids is 2. The molecule has 0 amide bonds. The van der Waals surface area contributed by atoms with Crippen molar-refractivity contribution in [3.8, 4) is 0 Å². The zero-order valence-electron chi connectivity index (χ0n) is 15.5. The number of carbonyl (C=O) groups is 3. The molecule has 5 heteroatoms. The second-order valence-electron chi connectivity index (χ2n) is 6.57. The van der Waals surface area contributed by atoms with E-state index in [4.69, 9.17) is 0 Å². The molecule has 0 fully saturated rings. The molecular weight excluding hydrogens is 332 g/mol. The summed E-state index contributed by atoms with van der Waals surface area (Å²) >= 11 is 0. The van der Waals surface area contributed by atoms with Crippen LogP contribution in [0.4, 0.5) is 0 Å². The molecule has 1 aromatic rings. The Morgan fingerprint density at radius 3 is 2.08 bits per heavy atom. The van der Waals surface area contributed by atoms with Crippen LogP contribution in [0.5, 0.6) is 0 Å². The second kappa shape index (κ2) is 11.2. The molecule has 0 aliphatic heterocycles. The van der Waals surface area contributed by atoms with Gasteiger partial charge in [0.2, 0.25) is 0 Å². The number of hydrogen-bond acceptors (Lipinski definition) is 3. The van der Waals surface area contributed by atoms with Gasteiger partial charge >= 0.3 is 11.9 Å². The van der Waals surface area contributed by atoms with Crippen molar-refractivity contribution in [2.75, 3.05) is 0 Å². The maximum atomic E-state index is 12.3. The number of aliphatic carboxylic acids is 2. The third kappa shape index (κ3) is 7.21. The fourth-order valence-electron chi connectivity index (χ4n) is 2.97. The molecule has 1 aromatic carbocycles. The standard InChI is InChI=1S/C21H28O5/c1-3-5-9-15(4-2)13-18(20(23)24)19(21(25)26)14-17(22)12-16-10-7-6-8-11-16/h6-8,10-11,15H,3-5,9,12-14H2,1-2H3,(H,23,24)(H,25,26). The number of carboxylic acid groups (broad SMARTS) is 2. The van der Waals surface area contributed by atoms with Gasteiger partial charge in [-0.2, -0.15) is 0 Å². The predicted octanol–water partition coefficient (Wildman–Crippen LogP) is 4.26. The van der Waals surface area contributed by atoms with Crippen LogP contribution in [-0.2, 0) is 20.8 Å². The minimum absolute atomic E-state index is 0.0948. The Morgan fingerprint density at radius 2 is 1.58 bits per heavy atom. The highest BCUT2D eigenvalue weighted by Gasteiger charge is 2.24. The van der Waals surface area contributed by atoms with E-state index in [2.05, 4.69) is 6.92 Å². The molecule has 0 saturated carbocycles. The fraction of sp³-hybridized carbons (Fsp3) is 0.476. The Labute approximate surface area is 154 Å². The monoisotopic (exact) mass is 360 g/mol. The Kier molecular flexibility index (Phi) is 9.34. The summed E-state index contributed by atoms with van der Waals surface area (Å²) in [4.78, 5) is 35.6. The predicted molar refractivity (Wildman–Crippen MR) is 100.0 cm³/mol. The van der Waals surface area contributed by atoms with Gasteiger partial charge in [-0.15, -0.1) is 0 Å². The van der Waals surface area contributed by atoms with Crippen LogP contribution < -0.4 is 0 Å². The largest absolute Gasteiger partial charge is 0.478 e. The summed E-state index contributed by atoms with van der Waals surface area (Å²) in [6.45, 7) is 4.03. The van der Waals surface area contributed by atoms with Gasteiger partial charge in [0.05, 0.1) is 5.57 Å². The Morgan fingerprint density at radius 1 is 0.962 bits per heavy atom. The van der Waals surface area contributed by atoms with Gasteiger partial charge in [-0.25, -0.2) is 9.59 Å². The minimum atomic E-state index is -1.32. The number of Topliss-reactive ketones (excluding diaryl/α,β-unsaturated/α-hetero) is 1. The molecule has 0 heterocycles. The lowest BCUT2D eigenvalue weighted by Gasteiger charge is -2.16. The van der Waals surface area contributed by atoms with Crippen molar-refractivity contribution >= 4 is 17.7 Å². The van der Waals surface area contributed by atoms with Crippen LogP contribution >= 0.6 is 0 Å². The van der Waals surface area contributed by atoms with E-state index < -0.39 is 11.9 Å². The van der Waals surface area contributed by atoms with E-state index in [1.54, 1.807) is 24.3 Å². The van der Waals surface area contributed by atoms with Gasteiger partial charge < -0.3 is 10.2 Å². The lowest BCUT2D eigenvalue weighted by Crippen LogP contribution is -2.18. The topological polar surface area (TPSA) is 91.7 Å². The van der Waals surface area contributed by atoms with E-state index in [-0.39, 0.29) is 42.1 Å². The lowest BCUT2D eigenvalue weighted by atomic mass is 9.88. The first kappa shape index (κ1) is 21.6. The van der Waals surface area contributed by atoms with Gasteiger partial charge in [-0.1, -0.05) is 69.9 Å². The SMILES string of the molecule is CCCCC(CC)CC(C(=O)O)=C(CC(=O)Cc1ccccc1)C(=O)O. The summed E-state index contributed by atoms with van der Waals surface area (Å²) in [5.74, 6) is -2.76. The van der Waals surface area contributed by atoms with E-state index in [1.807, 2.05) is 13.0 Å². The third-order valence-corrected chi connectivity index (χ3v) is 4.53. The molecule has 1 unspecified atom stereocenters. The molecule has 0 radical (unpaired) electrons. The molecule has 26 heavy (non-hydrogen) atoms. The number of ketones is 1. The molecule has 1 rings (SSSR count). The van der Waals surface area contributed by atoms with E-state index in [0.29, 0.717) is 0 Å². The molecule has 0 bridgehead atoms. The van der Waals surface area contributed by atoms with E-state index >= 15 is 0 Å². The summed E-state index contributed by atoms with van der Waals surface area (Å²) in [5, 5.41) is 19.0. The van der Waals surface area contributed by atoms with Gasteiger partial charge in [0.25, 0.3) is 0 Å². The van der Waals surface area contributed by atoms with Crippen LogP contribution in [0.25, 0.3) is 0 Å². The quantitative estimate of drug-likeness (QED) is 0.543. The maximum absolute atomic E-state index is 12.3. The van der Waals surface area contributed by atoms with Crippen molar-refractivity contribution < 1.29 is 24.6 Å². The van der Waals surface area contributed by atoms with Gasteiger partial charge in [-0.3, -0.25) is 4.79 Å². The van der Waals surface area contributed by atoms with Crippen molar-refractivity contribution in [2.24, 2.45) is 5.92 Å². The zero-order valence-corrected chi connectivity index (χ0v) is 15.5. The zero-order chi connectivity index (χ0) is 19.5. The Bertz CT molecular complexity index is 646. The molecule has 1 atom stereocenters. The lowest BCUT2D eigenvalue weighted by molar-refractivity contribution is -0.136. The average Bonchev–Trinajstić information content (AvgIpc) is 2.61. The molecule has 142 valence electrons. The molecule has 0 saturated heterocycles. The third-order valence-electron chi connectivity index (χ3n) is 4.53. The second-order valence-corrected chi connectivity index (χ2v) is 6.57. The van der Waals surface area contributed by atoms with E-state index in [0.717, 1.165) is 31.2 Å². The maximum Gasteiger partial charge on any atom is 0.332 e. The molecule has 0 spiro atoms. The summed E-state index contributed by atoms with van der Waals surface area (Å²) < 4.78 is 0. The van der Waals surface area contributed by atoms with Crippen LogP contribution in [-0.4, -0.2) is 27.9 Å². The van der Waals surface area contributed by atoms with Crippen LogP contribution in [0.3, 0.4) is 0 Å². The molecule has 5 nitrogen and oxygen atoms in total.